The molecule has 132 valence electrons. The van der Waals surface area contributed by atoms with Gasteiger partial charge in [-0.2, -0.15) is 0 Å². The van der Waals surface area contributed by atoms with Gasteiger partial charge in [0, 0.05) is 29.5 Å². The zero-order valence-corrected chi connectivity index (χ0v) is 15.6. The van der Waals surface area contributed by atoms with Gasteiger partial charge in [0.15, 0.2) is 0 Å². The molecule has 2 aliphatic heterocycles. The SMILES string of the molecule is CC1(C)C=C2C(=[N+](O)c3cc(C(=O)N4CCCC4)ccc32)C(C)(C)C1. The minimum absolute atomic E-state index is 0.0714. The van der Waals surface area contributed by atoms with Crippen LogP contribution in [0.25, 0.3) is 5.57 Å². The lowest BCUT2D eigenvalue weighted by Gasteiger charge is -2.35. The Balaban J connectivity index is 1.82. The van der Waals surface area contributed by atoms with Gasteiger partial charge in [-0.3, -0.25) is 10.0 Å². The number of rotatable bonds is 1. The first-order chi connectivity index (χ1) is 11.7. The van der Waals surface area contributed by atoms with Crippen LogP contribution in [0.1, 0.15) is 62.9 Å². The summed E-state index contributed by atoms with van der Waals surface area (Å²) in [5.41, 5.74) is 4.44. The van der Waals surface area contributed by atoms with Crippen LogP contribution in [0.2, 0.25) is 0 Å². The molecule has 1 N–H and O–H groups in total. The standard InChI is InChI=1S/C21H27N2O2/c1-20(2)12-16-15-8-7-14(19(24)22-9-5-6-10-22)11-17(15)23(25)18(16)21(3,4)13-20/h7-8,11-12,25H,5-6,9-10,13H2,1-4H3/q+1. The predicted octanol–water partition coefficient (Wildman–Crippen LogP) is 4.25. The molecular formula is C21H27N2O2+. The number of carbonyl (C=O) groups excluding carboxylic acids is 1. The molecule has 0 spiro atoms. The predicted molar refractivity (Wildman–Crippen MR) is 98.4 cm³/mol. The highest BCUT2D eigenvalue weighted by Crippen LogP contribution is 2.50. The summed E-state index contributed by atoms with van der Waals surface area (Å²) in [6.45, 7) is 10.5. The molecule has 2 heterocycles. The van der Waals surface area contributed by atoms with Crippen molar-refractivity contribution in [1.29, 1.82) is 0 Å². The molecule has 4 heteroatoms. The van der Waals surface area contributed by atoms with Gasteiger partial charge in [0.25, 0.3) is 11.6 Å². The Morgan fingerprint density at radius 1 is 1.16 bits per heavy atom. The average Bonchev–Trinajstić information content (AvgIpc) is 3.12. The minimum Gasteiger partial charge on any atom is -0.339 e. The molecule has 4 nitrogen and oxygen atoms in total. The lowest BCUT2D eigenvalue weighted by atomic mass is 9.65. The fourth-order valence-corrected chi connectivity index (χ4v) is 4.99. The molecule has 0 atom stereocenters. The third-order valence-corrected chi connectivity index (χ3v) is 5.70. The van der Waals surface area contributed by atoms with Gasteiger partial charge in [0.1, 0.15) is 0 Å². The van der Waals surface area contributed by atoms with Gasteiger partial charge in [-0.25, -0.2) is 0 Å². The first-order valence-corrected chi connectivity index (χ1v) is 9.23. The van der Waals surface area contributed by atoms with Gasteiger partial charge in [-0.05, 0) is 50.7 Å². The van der Waals surface area contributed by atoms with Gasteiger partial charge >= 0.3 is 0 Å². The average molecular weight is 339 g/mol. The van der Waals surface area contributed by atoms with Gasteiger partial charge in [-0.15, -0.1) is 0 Å². The van der Waals surface area contributed by atoms with Crippen LogP contribution in [0.5, 0.6) is 0 Å². The normalized spacial score (nSPS) is 23.4. The molecule has 0 saturated carbocycles. The summed E-state index contributed by atoms with van der Waals surface area (Å²) in [5.74, 6) is 0.0714. The molecule has 1 saturated heterocycles. The second-order valence-corrected chi connectivity index (χ2v) is 9.00. The number of amides is 1. The first-order valence-electron chi connectivity index (χ1n) is 9.23. The van der Waals surface area contributed by atoms with E-state index in [1.54, 1.807) is 0 Å². The van der Waals surface area contributed by atoms with E-state index in [0.717, 1.165) is 54.9 Å². The van der Waals surface area contributed by atoms with Crippen molar-refractivity contribution in [2.45, 2.75) is 47.0 Å². The maximum absolute atomic E-state index is 12.7. The topological polar surface area (TPSA) is 43.6 Å². The van der Waals surface area contributed by atoms with Crippen molar-refractivity contribution in [3.05, 3.63) is 35.4 Å². The van der Waals surface area contributed by atoms with Crippen molar-refractivity contribution in [3.63, 3.8) is 0 Å². The number of likely N-dealkylation sites (tertiary alicyclic amines) is 1. The smallest absolute Gasteiger partial charge is 0.266 e. The fraction of sp³-hybridized carbons (Fsp3) is 0.524. The summed E-state index contributed by atoms with van der Waals surface area (Å²) in [6.07, 6.45) is 5.40. The van der Waals surface area contributed by atoms with Crippen LogP contribution in [-0.4, -0.2) is 39.6 Å². The van der Waals surface area contributed by atoms with Gasteiger partial charge < -0.3 is 4.90 Å². The van der Waals surface area contributed by atoms with Crippen molar-refractivity contribution in [2.24, 2.45) is 10.8 Å². The zero-order valence-electron chi connectivity index (χ0n) is 15.6. The molecule has 4 rings (SSSR count). The number of benzene rings is 1. The van der Waals surface area contributed by atoms with E-state index >= 15 is 0 Å². The van der Waals surface area contributed by atoms with Crippen LogP contribution in [0, 0.1) is 10.8 Å². The Morgan fingerprint density at radius 2 is 1.84 bits per heavy atom. The number of fused-ring (bicyclic) bond motifs is 3. The van der Waals surface area contributed by atoms with Crippen molar-refractivity contribution < 1.29 is 14.7 Å². The molecule has 0 aromatic heterocycles. The van der Waals surface area contributed by atoms with E-state index in [4.69, 9.17) is 0 Å². The monoisotopic (exact) mass is 339 g/mol. The van der Waals surface area contributed by atoms with E-state index in [9.17, 15) is 10.0 Å². The van der Waals surface area contributed by atoms with E-state index in [0.29, 0.717) is 5.56 Å². The lowest BCUT2D eigenvalue weighted by Crippen LogP contribution is -2.37. The Bertz CT molecular complexity index is 824. The van der Waals surface area contributed by atoms with Crippen molar-refractivity contribution in [2.75, 3.05) is 13.1 Å². The molecule has 3 aliphatic rings. The van der Waals surface area contributed by atoms with Crippen LogP contribution in [-0.2, 0) is 0 Å². The number of hydrogen-bond donors (Lipinski definition) is 1. The molecule has 0 bridgehead atoms. The van der Waals surface area contributed by atoms with Crippen LogP contribution < -0.4 is 0 Å². The maximum Gasteiger partial charge on any atom is 0.266 e. The van der Waals surface area contributed by atoms with Crippen LogP contribution in [0.3, 0.4) is 0 Å². The summed E-state index contributed by atoms with van der Waals surface area (Å²) in [5, 5.41) is 10.9. The Labute approximate surface area is 149 Å². The van der Waals surface area contributed by atoms with Crippen LogP contribution in [0.4, 0.5) is 5.69 Å². The van der Waals surface area contributed by atoms with Gasteiger partial charge in [0.2, 0.25) is 5.71 Å². The van der Waals surface area contributed by atoms with Crippen LogP contribution in [0.15, 0.2) is 24.3 Å². The molecular weight excluding hydrogens is 312 g/mol. The Hall–Kier alpha value is -2.10. The highest BCUT2D eigenvalue weighted by molar-refractivity contribution is 6.27. The third-order valence-electron chi connectivity index (χ3n) is 5.70. The summed E-state index contributed by atoms with van der Waals surface area (Å²) in [4.78, 5) is 14.6. The summed E-state index contributed by atoms with van der Waals surface area (Å²) in [7, 11) is 0. The zero-order chi connectivity index (χ0) is 18.0. The second-order valence-electron chi connectivity index (χ2n) is 9.00. The summed E-state index contributed by atoms with van der Waals surface area (Å²) < 4.78 is 1.32. The molecule has 0 radical (unpaired) electrons. The third kappa shape index (κ3) is 2.50. The van der Waals surface area contributed by atoms with E-state index in [1.165, 1.54) is 4.74 Å². The van der Waals surface area contributed by atoms with Crippen LogP contribution >= 0.6 is 0 Å². The van der Waals surface area contributed by atoms with E-state index in [2.05, 4.69) is 33.8 Å². The minimum atomic E-state index is -0.125. The van der Waals surface area contributed by atoms with Crippen molar-refractivity contribution >= 4 is 22.9 Å². The van der Waals surface area contributed by atoms with Crippen molar-refractivity contribution in [1.82, 2.24) is 4.90 Å². The number of nitrogens with zero attached hydrogens (tertiary/aromatic N) is 2. The number of carbonyl (C=O) groups is 1. The molecule has 25 heavy (non-hydrogen) atoms. The second kappa shape index (κ2) is 5.20. The van der Waals surface area contributed by atoms with E-state index < -0.39 is 0 Å². The molecule has 0 unspecified atom stereocenters. The van der Waals surface area contributed by atoms with E-state index in [-0.39, 0.29) is 16.7 Å². The Morgan fingerprint density at radius 3 is 2.52 bits per heavy atom. The number of hydrogen-bond acceptors (Lipinski definition) is 2. The lowest BCUT2D eigenvalue weighted by molar-refractivity contribution is -0.712. The molecule has 1 aromatic carbocycles. The molecule has 1 fully saturated rings. The summed E-state index contributed by atoms with van der Waals surface area (Å²) >= 11 is 0. The molecule has 1 aliphatic carbocycles. The van der Waals surface area contributed by atoms with Crippen molar-refractivity contribution in [3.8, 4) is 0 Å². The molecule has 1 aromatic rings. The van der Waals surface area contributed by atoms with E-state index in [1.807, 2.05) is 23.1 Å². The van der Waals surface area contributed by atoms with Gasteiger partial charge in [-0.1, -0.05) is 19.9 Å². The first kappa shape index (κ1) is 16.4. The fourth-order valence-electron chi connectivity index (χ4n) is 4.99. The van der Waals surface area contributed by atoms with Gasteiger partial charge in [0.05, 0.1) is 16.6 Å². The maximum atomic E-state index is 12.7. The molecule has 1 amide bonds. The summed E-state index contributed by atoms with van der Waals surface area (Å²) in [6, 6.07) is 5.76. The quantitative estimate of drug-likeness (QED) is 0.614. The highest BCUT2D eigenvalue weighted by Gasteiger charge is 2.50. The number of allylic oxidation sites excluding steroid dienone is 2. The highest BCUT2D eigenvalue weighted by atomic mass is 16.5. The largest absolute Gasteiger partial charge is 0.339 e. The Kier molecular flexibility index (Phi) is 3.40.